The maximum Gasteiger partial charge on any atom is 0.128 e. The smallest absolute Gasteiger partial charge is 0.128 e. The third-order valence-electron chi connectivity index (χ3n) is 7.64. The molecule has 2 aromatic carbocycles. The number of nitrogens with one attached hydrogen (secondary N) is 1. The summed E-state index contributed by atoms with van der Waals surface area (Å²) in [7, 11) is 0. The lowest BCUT2D eigenvalue weighted by Crippen LogP contribution is -2.35. The van der Waals surface area contributed by atoms with Crippen LogP contribution >= 0.6 is 11.6 Å². The van der Waals surface area contributed by atoms with Crippen molar-refractivity contribution in [3.05, 3.63) is 104 Å². The van der Waals surface area contributed by atoms with Crippen molar-refractivity contribution in [1.29, 1.82) is 0 Å². The largest absolute Gasteiger partial charge is 0.487 e. The van der Waals surface area contributed by atoms with E-state index in [1.807, 2.05) is 18.2 Å². The van der Waals surface area contributed by atoms with E-state index in [-0.39, 0.29) is 6.61 Å². The van der Waals surface area contributed by atoms with E-state index >= 15 is 0 Å². The van der Waals surface area contributed by atoms with Crippen molar-refractivity contribution in [1.82, 2.24) is 10.2 Å². The molecule has 0 spiro atoms. The van der Waals surface area contributed by atoms with Gasteiger partial charge in [-0.2, -0.15) is 0 Å². The molecule has 0 fully saturated rings. The fourth-order valence-electron chi connectivity index (χ4n) is 5.16. The summed E-state index contributed by atoms with van der Waals surface area (Å²) in [6.07, 6.45) is 7.73. The Balaban J connectivity index is 1.57. The van der Waals surface area contributed by atoms with Crippen LogP contribution in [0.5, 0.6) is 5.75 Å². The molecular weight excluding hydrogens is 526 g/mol. The molecule has 0 amide bonds. The second-order valence-corrected chi connectivity index (χ2v) is 11.1. The minimum atomic E-state index is -1.06. The number of benzene rings is 2. The zero-order chi connectivity index (χ0) is 28.8. The van der Waals surface area contributed by atoms with Crippen molar-refractivity contribution in [2.75, 3.05) is 39.4 Å². The molecule has 0 saturated heterocycles. The average molecular weight is 564 g/mol. The number of rotatable bonds is 11. The van der Waals surface area contributed by atoms with Crippen molar-refractivity contribution in [3.8, 4) is 5.75 Å². The van der Waals surface area contributed by atoms with Gasteiger partial charge in [-0.05, 0) is 86.3 Å². The molecule has 0 aliphatic carbocycles. The van der Waals surface area contributed by atoms with Crippen LogP contribution in [0.25, 0.3) is 16.0 Å². The van der Waals surface area contributed by atoms with Gasteiger partial charge in [0.1, 0.15) is 12.4 Å². The highest BCUT2D eigenvalue weighted by Gasteiger charge is 2.31. The second kappa shape index (κ2) is 12.9. The van der Waals surface area contributed by atoms with Crippen molar-refractivity contribution in [3.63, 3.8) is 0 Å². The van der Waals surface area contributed by atoms with E-state index < -0.39 is 11.1 Å². The van der Waals surface area contributed by atoms with Crippen molar-refractivity contribution >= 4 is 17.2 Å². The summed E-state index contributed by atoms with van der Waals surface area (Å²) in [4.78, 5) is 5.34. The van der Waals surface area contributed by atoms with E-state index in [1.54, 1.807) is 38.1 Å². The van der Waals surface area contributed by atoms with Crippen LogP contribution in [0.15, 0.2) is 77.1 Å². The highest BCUT2D eigenvalue weighted by molar-refractivity contribution is 6.30. The zero-order valence-corrected chi connectivity index (χ0v) is 24.2. The van der Waals surface area contributed by atoms with Crippen molar-refractivity contribution in [2.24, 2.45) is 5.11 Å². The molecule has 0 bridgehead atoms. The molecule has 0 aromatic heterocycles. The predicted octanol–water partition coefficient (Wildman–Crippen LogP) is 6.06. The lowest BCUT2D eigenvalue weighted by atomic mass is 9.88. The summed E-state index contributed by atoms with van der Waals surface area (Å²) in [5, 5.41) is 29.1. The first-order chi connectivity index (χ1) is 19.2. The average Bonchev–Trinajstić information content (AvgIpc) is 3.10. The van der Waals surface area contributed by atoms with Crippen LogP contribution in [0.2, 0.25) is 5.02 Å². The molecule has 0 radical (unpaired) electrons. The zero-order valence-electron chi connectivity index (χ0n) is 23.4. The van der Waals surface area contributed by atoms with E-state index in [4.69, 9.17) is 16.3 Å². The Labute approximate surface area is 241 Å². The van der Waals surface area contributed by atoms with Gasteiger partial charge in [0.15, 0.2) is 0 Å². The fraction of sp³-hybridized carbons (Fsp3) is 0.419. The van der Waals surface area contributed by atoms with Gasteiger partial charge in [-0.3, -0.25) is 0 Å². The number of dihydropyridines is 1. The molecule has 3 N–H and O–H groups in total. The lowest BCUT2D eigenvalue weighted by Gasteiger charge is -2.30. The number of allylic oxidation sites excluding steroid dienone is 3. The molecule has 2 heterocycles. The van der Waals surface area contributed by atoms with Crippen LogP contribution in [0.1, 0.15) is 50.3 Å². The number of aliphatic hydroxyl groups is 2. The molecule has 0 saturated carbocycles. The van der Waals surface area contributed by atoms with E-state index in [0.717, 1.165) is 65.3 Å². The Hall–Kier alpha value is -3.26. The Kier molecular flexibility index (Phi) is 9.61. The Morgan fingerprint density at radius 2 is 1.93 bits per heavy atom. The fourth-order valence-corrected chi connectivity index (χ4v) is 5.29. The second-order valence-electron chi connectivity index (χ2n) is 10.7. The molecule has 40 heavy (non-hydrogen) atoms. The first kappa shape index (κ1) is 29.7. The van der Waals surface area contributed by atoms with E-state index in [9.17, 15) is 15.7 Å². The van der Waals surface area contributed by atoms with Crippen LogP contribution in [-0.2, 0) is 11.1 Å². The van der Waals surface area contributed by atoms with Gasteiger partial charge in [0.05, 0.1) is 23.4 Å². The van der Waals surface area contributed by atoms with E-state index in [0.29, 0.717) is 24.6 Å². The standard InChI is InChI=1S/C31H38ClN5O3/c1-4-37(18-15-31(21-38,35-36-33)22-9-12-24(32)13-10-22)17-6-8-25-26-7-5-16-34-28(26)20-40-29-14-11-23(19-27(25)29)30(2,3)39/h5,7-14,19,34,38-39H,4,6,15-18,20-21H2,1-3H3/b25-8+. The van der Waals surface area contributed by atoms with Gasteiger partial charge in [-0.1, -0.05) is 60.1 Å². The van der Waals surface area contributed by atoms with Gasteiger partial charge in [0.2, 0.25) is 0 Å². The van der Waals surface area contributed by atoms with Gasteiger partial charge >= 0.3 is 0 Å². The topological polar surface area (TPSA) is 114 Å². The number of ether oxygens (including phenoxy) is 1. The normalized spacial score (nSPS) is 17.3. The van der Waals surface area contributed by atoms with Crippen LogP contribution in [0.3, 0.4) is 0 Å². The molecule has 8 nitrogen and oxygen atoms in total. The van der Waals surface area contributed by atoms with Crippen molar-refractivity contribution < 1.29 is 14.9 Å². The van der Waals surface area contributed by atoms with Gasteiger partial charge < -0.3 is 25.2 Å². The third-order valence-corrected chi connectivity index (χ3v) is 7.90. The number of aliphatic hydroxyl groups excluding tert-OH is 1. The monoisotopic (exact) mass is 563 g/mol. The molecule has 1 atom stereocenters. The predicted molar refractivity (Wildman–Crippen MR) is 160 cm³/mol. The maximum atomic E-state index is 10.7. The lowest BCUT2D eigenvalue weighted by molar-refractivity contribution is 0.0785. The molecular formula is C31H38ClN5O3. The Morgan fingerprint density at radius 1 is 1.18 bits per heavy atom. The summed E-state index contributed by atoms with van der Waals surface area (Å²) in [5.74, 6) is 0.793. The molecule has 4 rings (SSSR count). The third kappa shape index (κ3) is 6.72. The number of azide groups is 1. The number of nitrogens with zero attached hydrogens (tertiary/aromatic N) is 4. The first-order valence-electron chi connectivity index (χ1n) is 13.7. The molecule has 9 heteroatoms. The Bertz CT molecular complexity index is 1340. The SMILES string of the molecule is CCN(CC/C=C1\C2=C(COc3ccc(C(C)(C)O)cc31)NCC=C2)CCC(CO)(N=[N+]=[N-])c1ccc(Cl)cc1. The van der Waals surface area contributed by atoms with Gasteiger partial charge in [-0.25, -0.2) is 0 Å². The molecule has 2 aliphatic heterocycles. The summed E-state index contributed by atoms with van der Waals surface area (Å²) in [5.41, 5.74) is 13.0. The van der Waals surface area contributed by atoms with Crippen molar-refractivity contribution in [2.45, 2.75) is 44.8 Å². The summed E-state index contributed by atoms with van der Waals surface area (Å²) >= 11 is 6.06. The number of halogens is 1. The summed E-state index contributed by atoms with van der Waals surface area (Å²) in [6.45, 7) is 8.82. The number of fused-ring (bicyclic) bond motifs is 1. The van der Waals surface area contributed by atoms with Crippen LogP contribution in [-0.4, -0.2) is 54.5 Å². The van der Waals surface area contributed by atoms with E-state index in [1.165, 1.54) is 0 Å². The summed E-state index contributed by atoms with van der Waals surface area (Å²) < 4.78 is 6.17. The molecule has 2 aromatic rings. The number of hydrogen-bond acceptors (Lipinski definition) is 6. The maximum absolute atomic E-state index is 10.7. The Morgan fingerprint density at radius 3 is 2.60 bits per heavy atom. The van der Waals surface area contributed by atoms with Gasteiger partial charge in [-0.15, -0.1) is 0 Å². The molecule has 212 valence electrons. The van der Waals surface area contributed by atoms with Crippen LogP contribution < -0.4 is 10.1 Å². The van der Waals surface area contributed by atoms with Crippen LogP contribution in [0.4, 0.5) is 0 Å². The molecule has 2 aliphatic rings. The minimum Gasteiger partial charge on any atom is -0.487 e. The quantitative estimate of drug-likeness (QED) is 0.175. The van der Waals surface area contributed by atoms with Gasteiger partial charge in [0.25, 0.3) is 0 Å². The van der Waals surface area contributed by atoms with E-state index in [2.05, 4.69) is 45.4 Å². The first-order valence-corrected chi connectivity index (χ1v) is 14.1. The number of hydrogen-bond donors (Lipinski definition) is 3. The van der Waals surface area contributed by atoms with Gasteiger partial charge in [0, 0.05) is 34.2 Å². The molecule has 1 unspecified atom stereocenters. The highest BCUT2D eigenvalue weighted by atomic mass is 35.5. The van der Waals surface area contributed by atoms with Crippen LogP contribution in [0, 0.1) is 0 Å². The summed E-state index contributed by atoms with van der Waals surface area (Å²) in [6, 6.07) is 13.0. The minimum absolute atomic E-state index is 0.295. The highest BCUT2D eigenvalue weighted by Crippen LogP contribution is 2.39.